The summed E-state index contributed by atoms with van der Waals surface area (Å²) in [6.45, 7) is 5.90. The lowest BCUT2D eigenvalue weighted by atomic mass is 10.2. The van der Waals surface area contributed by atoms with Crippen molar-refractivity contribution >= 4 is 23.0 Å². The molecule has 2 fully saturated rings. The Morgan fingerprint density at radius 1 is 1.14 bits per heavy atom. The van der Waals surface area contributed by atoms with Crippen LogP contribution in [0.15, 0.2) is 36.7 Å². The van der Waals surface area contributed by atoms with Crippen molar-refractivity contribution in [1.29, 1.82) is 0 Å². The van der Waals surface area contributed by atoms with Gasteiger partial charge in [-0.1, -0.05) is 5.21 Å². The lowest BCUT2D eigenvalue weighted by Crippen LogP contribution is -2.31. The van der Waals surface area contributed by atoms with E-state index in [1.54, 1.807) is 12.4 Å². The first kappa shape index (κ1) is 24.1. The van der Waals surface area contributed by atoms with E-state index in [4.69, 9.17) is 9.47 Å². The van der Waals surface area contributed by atoms with E-state index in [1.807, 2.05) is 19.1 Å². The van der Waals surface area contributed by atoms with Crippen LogP contribution in [-0.4, -0.2) is 71.4 Å². The van der Waals surface area contributed by atoms with Crippen molar-refractivity contribution in [2.45, 2.75) is 32.3 Å². The number of halogens is 1. The molecule has 5 rings (SSSR count). The molecule has 1 aromatic carbocycles. The molecular formula is C25H30FN7O3. The van der Waals surface area contributed by atoms with Crippen LogP contribution in [0.1, 0.15) is 35.4 Å². The Hall–Kier alpha value is -3.57. The molecule has 2 aromatic heterocycles. The van der Waals surface area contributed by atoms with E-state index in [2.05, 4.69) is 30.8 Å². The number of amides is 1. The first-order chi connectivity index (χ1) is 17.5. The summed E-state index contributed by atoms with van der Waals surface area (Å²) in [6.07, 6.45) is 6.15. The average Bonchev–Trinajstić information content (AvgIpc) is 3.50. The zero-order chi connectivity index (χ0) is 24.9. The van der Waals surface area contributed by atoms with Crippen LogP contribution in [0.3, 0.4) is 0 Å². The molecule has 4 heterocycles. The summed E-state index contributed by atoms with van der Waals surface area (Å²) >= 11 is 0. The van der Waals surface area contributed by atoms with E-state index in [1.165, 1.54) is 16.8 Å². The molecule has 0 radical (unpaired) electrons. The third-order valence-electron chi connectivity index (χ3n) is 6.31. The number of nitrogens with one attached hydrogen (secondary N) is 2. The lowest BCUT2D eigenvalue weighted by molar-refractivity contribution is 0.0853. The molecule has 0 bridgehead atoms. The minimum Gasteiger partial charge on any atom is -0.380 e. The Balaban J connectivity index is 1.30. The first-order valence-electron chi connectivity index (χ1n) is 12.2. The maximum Gasteiger partial charge on any atom is 0.273 e. The number of carbonyl (C=O) groups excluding carboxylic acids is 1. The SMILES string of the molecule is Cc1ncc(Nc2cc(F)cc(N3CCCOCC3)c2)cc1-n1cc(C(=O)NCC2CCCO2)nn1. The number of hydrogen-bond acceptors (Lipinski definition) is 8. The second kappa shape index (κ2) is 11.0. The number of ether oxygens (including phenoxy) is 2. The van der Waals surface area contributed by atoms with Gasteiger partial charge in [-0.2, -0.15) is 0 Å². The van der Waals surface area contributed by atoms with Gasteiger partial charge in [0.15, 0.2) is 5.69 Å². The zero-order valence-corrected chi connectivity index (χ0v) is 20.2. The zero-order valence-electron chi connectivity index (χ0n) is 20.2. The van der Waals surface area contributed by atoms with E-state index >= 15 is 0 Å². The van der Waals surface area contributed by atoms with Crippen LogP contribution >= 0.6 is 0 Å². The van der Waals surface area contributed by atoms with Crippen LogP contribution in [0, 0.1) is 12.7 Å². The molecule has 0 aliphatic carbocycles. The van der Waals surface area contributed by atoms with Crippen molar-refractivity contribution in [3.63, 3.8) is 0 Å². The average molecular weight is 496 g/mol. The van der Waals surface area contributed by atoms with Crippen molar-refractivity contribution in [2.75, 3.05) is 49.7 Å². The first-order valence-corrected chi connectivity index (χ1v) is 12.2. The predicted molar refractivity (Wildman–Crippen MR) is 133 cm³/mol. The monoisotopic (exact) mass is 495 g/mol. The summed E-state index contributed by atoms with van der Waals surface area (Å²) < 4.78 is 27.0. The highest BCUT2D eigenvalue weighted by Gasteiger charge is 2.19. The molecule has 2 aliphatic heterocycles. The van der Waals surface area contributed by atoms with Gasteiger partial charge in [-0.15, -0.1) is 5.10 Å². The number of anilines is 3. The van der Waals surface area contributed by atoms with E-state index in [0.717, 1.165) is 51.3 Å². The fraction of sp³-hybridized carbons (Fsp3) is 0.440. The molecule has 11 heteroatoms. The summed E-state index contributed by atoms with van der Waals surface area (Å²) in [4.78, 5) is 19.1. The highest BCUT2D eigenvalue weighted by Crippen LogP contribution is 2.26. The third-order valence-corrected chi connectivity index (χ3v) is 6.31. The van der Waals surface area contributed by atoms with Gasteiger partial charge >= 0.3 is 0 Å². The summed E-state index contributed by atoms with van der Waals surface area (Å²) in [6, 6.07) is 6.74. The number of nitrogens with zero attached hydrogens (tertiary/aromatic N) is 5. The Labute approximate surface area is 208 Å². The molecule has 2 saturated heterocycles. The second-order valence-electron chi connectivity index (χ2n) is 9.00. The van der Waals surface area contributed by atoms with Crippen molar-refractivity contribution in [2.24, 2.45) is 0 Å². The number of pyridine rings is 1. The van der Waals surface area contributed by atoms with Crippen LogP contribution < -0.4 is 15.5 Å². The molecule has 36 heavy (non-hydrogen) atoms. The molecule has 10 nitrogen and oxygen atoms in total. The van der Waals surface area contributed by atoms with E-state index in [0.29, 0.717) is 35.9 Å². The highest BCUT2D eigenvalue weighted by atomic mass is 19.1. The van der Waals surface area contributed by atoms with Crippen molar-refractivity contribution in [1.82, 2.24) is 25.3 Å². The number of benzene rings is 1. The molecule has 3 aromatic rings. The Kier molecular flexibility index (Phi) is 7.38. The van der Waals surface area contributed by atoms with Gasteiger partial charge < -0.3 is 25.0 Å². The van der Waals surface area contributed by atoms with Crippen molar-refractivity contribution < 1.29 is 18.7 Å². The fourth-order valence-corrected chi connectivity index (χ4v) is 4.41. The molecule has 2 aliphatic rings. The van der Waals surface area contributed by atoms with E-state index in [-0.39, 0.29) is 23.5 Å². The summed E-state index contributed by atoms with van der Waals surface area (Å²) in [5, 5.41) is 14.2. The van der Waals surface area contributed by atoms with Crippen LogP contribution in [-0.2, 0) is 9.47 Å². The van der Waals surface area contributed by atoms with Gasteiger partial charge in [0, 0.05) is 44.2 Å². The predicted octanol–water partition coefficient (Wildman–Crippen LogP) is 2.99. The molecule has 1 amide bonds. The maximum atomic E-state index is 14.5. The Morgan fingerprint density at radius 3 is 2.92 bits per heavy atom. The number of hydrogen-bond donors (Lipinski definition) is 2. The smallest absolute Gasteiger partial charge is 0.273 e. The molecule has 1 atom stereocenters. The van der Waals surface area contributed by atoms with Gasteiger partial charge in [0.2, 0.25) is 0 Å². The maximum absolute atomic E-state index is 14.5. The molecule has 0 saturated carbocycles. The molecule has 2 N–H and O–H groups in total. The minimum absolute atomic E-state index is 0.0502. The lowest BCUT2D eigenvalue weighted by Gasteiger charge is -2.23. The minimum atomic E-state index is -0.324. The van der Waals surface area contributed by atoms with Gasteiger partial charge in [-0.25, -0.2) is 9.07 Å². The van der Waals surface area contributed by atoms with Gasteiger partial charge in [0.25, 0.3) is 5.91 Å². The molecule has 1 unspecified atom stereocenters. The Morgan fingerprint density at radius 2 is 2.06 bits per heavy atom. The highest BCUT2D eigenvalue weighted by molar-refractivity contribution is 5.91. The Bertz CT molecular complexity index is 1200. The largest absolute Gasteiger partial charge is 0.380 e. The standard InChI is InChI=1S/C25H30FN7O3/c1-17-24(33-16-23(30-31-33)25(34)28-15-22-4-2-8-36-22)13-20(14-27-17)29-19-10-18(26)11-21(12-19)32-5-3-7-35-9-6-32/h10-14,16,22,29H,2-9,15H2,1H3,(H,28,34). The van der Waals surface area contributed by atoms with Crippen LogP contribution in [0.5, 0.6) is 0 Å². The van der Waals surface area contributed by atoms with Crippen molar-refractivity contribution in [3.8, 4) is 5.69 Å². The fourth-order valence-electron chi connectivity index (χ4n) is 4.41. The molecule has 190 valence electrons. The van der Waals surface area contributed by atoms with Gasteiger partial charge in [0.1, 0.15) is 5.82 Å². The van der Waals surface area contributed by atoms with Crippen LogP contribution in [0.25, 0.3) is 5.69 Å². The number of aryl methyl sites for hydroxylation is 1. The molecule has 0 spiro atoms. The van der Waals surface area contributed by atoms with Crippen molar-refractivity contribution in [3.05, 3.63) is 53.9 Å². The van der Waals surface area contributed by atoms with Gasteiger partial charge in [-0.05, 0) is 50.5 Å². The molecular weight excluding hydrogens is 465 g/mol. The van der Waals surface area contributed by atoms with Gasteiger partial charge in [-0.3, -0.25) is 9.78 Å². The normalized spacial score (nSPS) is 18.2. The number of carbonyl (C=O) groups is 1. The summed E-state index contributed by atoms with van der Waals surface area (Å²) in [5.41, 5.74) is 3.65. The summed E-state index contributed by atoms with van der Waals surface area (Å²) in [5.74, 6) is -0.627. The second-order valence-corrected chi connectivity index (χ2v) is 9.00. The quantitative estimate of drug-likeness (QED) is 0.515. The third kappa shape index (κ3) is 5.80. The van der Waals surface area contributed by atoms with Crippen LogP contribution in [0.2, 0.25) is 0 Å². The van der Waals surface area contributed by atoms with Crippen LogP contribution in [0.4, 0.5) is 21.5 Å². The van der Waals surface area contributed by atoms with Gasteiger partial charge in [0.05, 0.1) is 42.2 Å². The topological polar surface area (TPSA) is 106 Å². The number of aromatic nitrogens is 4. The van der Waals surface area contributed by atoms with E-state index in [9.17, 15) is 9.18 Å². The van der Waals surface area contributed by atoms with E-state index < -0.39 is 0 Å². The number of rotatable bonds is 7. The summed E-state index contributed by atoms with van der Waals surface area (Å²) in [7, 11) is 0.